The maximum absolute atomic E-state index is 13.1. The third-order valence-electron chi connectivity index (χ3n) is 7.28. The van der Waals surface area contributed by atoms with Crippen LogP contribution in [0, 0.1) is 17.3 Å². The molecule has 5 rings (SSSR count). The molecule has 1 aromatic rings. The van der Waals surface area contributed by atoms with Crippen LogP contribution in [0.2, 0.25) is 0 Å². The van der Waals surface area contributed by atoms with Crippen LogP contribution < -0.4 is 5.32 Å². The highest BCUT2D eigenvalue weighted by molar-refractivity contribution is 6.00. The summed E-state index contributed by atoms with van der Waals surface area (Å²) >= 11 is 0. The summed E-state index contributed by atoms with van der Waals surface area (Å²) in [4.78, 5) is 41.4. The van der Waals surface area contributed by atoms with Crippen LogP contribution in [0.1, 0.15) is 44.6 Å². The Morgan fingerprint density at radius 1 is 1.29 bits per heavy atom. The van der Waals surface area contributed by atoms with E-state index >= 15 is 0 Å². The van der Waals surface area contributed by atoms with Gasteiger partial charge in [-0.15, -0.1) is 0 Å². The fourth-order valence-electron chi connectivity index (χ4n) is 5.74. The summed E-state index contributed by atoms with van der Waals surface area (Å²) in [7, 11) is 0. The van der Waals surface area contributed by atoms with Crippen LogP contribution in [-0.2, 0) is 19.1 Å². The van der Waals surface area contributed by atoms with Crippen molar-refractivity contribution < 1.29 is 19.1 Å². The first-order valence-corrected chi connectivity index (χ1v) is 10.9. The van der Waals surface area contributed by atoms with Crippen LogP contribution >= 0.6 is 0 Å². The topological polar surface area (TPSA) is 85.4 Å². The fourth-order valence-corrected chi connectivity index (χ4v) is 5.74. The second-order valence-corrected chi connectivity index (χ2v) is 9.35. The molecule has 1 N–H and O–H groups in total. The van der Waals surface area contributed by atoms with Gasteiger partial charge in [0.2, 0.25) is 5.91 Å². The quantitative estimate of drug-likeness (QED) is 0.816. The average Bonchev–Trinajstić information content (AvgIpc) is 3.02. The number of nitrogens with one attached hydrogen (secondary N) is 1. The summed E-state index contributed by atoms with van der Waals surface area (Å²) in [6, 6.07) is 3.84. The molecule has 2 heterocycles. The van der Waals surface area contributed by atoms with Crippen molar-refractivity contribution in [3.8, 4) is 0 Å². The van der Waals surface area contributed by atoms with E-state index in [0.29, 0.717) is 37.1 Å². The summed E-state index contributed by atoms with van der Waals surface area (Å²) in [6.07, 6.45) is 10.8. The van der Waals surface area contributed by atoms with E-state index in [0.717, 1.165) is 11.1 Å². The van der Waals surface area contributed by atoms with E-state index in [-0.39, 0.29) is 46.7 Å². The first kappa shape index (κ1) is 19.9. The van der Waals surface area contributed by atoms with Gasteiger partial charge in [-0.3, -0.25) is 19.4 Å². The normalized spacial score (nSPS) is 33.8. The first-order chi connectivity index (χ1) is 14.9. The van der Waals surface area contributed by atoms with Gasteiger partial charge in [-0.05, 0) is 29.2 Å². The zero-order valence-corrected chi connectivity index (χ0v) is 17.8. The number of aromatic nitrogens is 1. The highest BCUT2D eigenvalue weighted by Crippen LogP contribution is 2.58. The van der Waals surface area contributed by atoms with E-state index in [9.17, 15) is 14.4 Å². The van der Waals surface area contributed by atoms with Gasteiger partial charge in [-0.25, -0.2) is 0 Å². The van der Waals surface area contributed by atoms with Crippen molar-refractivity contribution in [1.29, 1.82) is 0 Å². The molecule has 4 aliphatic rings. The SMILES string of the molecule is CC(=O)NCC1CC(=O)C2=C(C1)OC1C(=C2)C=C[C@]2(C)[C@@H](c3cccnc3)C(=O)C[C@@H]12. The van der Waals surface area contributed by atoms with Gasteiger partial charge < -0.3 is 10.1 Å². The molecule has 6 heteroatoms. The lowest BCUT2D eigenvalue weighted by Crippen LogP contribution is -2.42. The van der Waals surface area contributed by atoms with Crippen LogP contribution in [0.4, 0.5) is 0 Å². The van der Waals surface area contributed by atoms with E-state index in [4.69, 9.17) is 4.74 Å². The Balaban J connectivity index is 1.45. The van der Waals surface area contributed by atoms with Crippen molar-refractivity contribution in [2.45, 2.75) is 45.1 Å². The predicted octanol–water partition coefficient (Wildman–Crippen LogP) is 3.02. The van der Waals surface area contributed by atoms with Gasteiger partial charge in [0.15, 0.2) is 5.78 Å². The highest BCUT2D eigenvalue weighted by Gasteiger charge is 2.57. The molecule has 0 radical (unpaired) electrons. The Bertz CT molecular complexity index is 1050. The number of Topliss-reactive ketones (excluding diaryl/α,β-unsaturated/α-hetero) is 2. The number of hydrogen-bond acceptors (Lipinski definition) is 5. The van der Waals surface area contributed by atoms with Gasteiger partial charge in [0, 0.05) is 56.5 Å². The average molecular weight is 418 g/mol. The minimum atomic E-state index is -0.367. The van der Waals surface area contributed by atoms with E-state index in [1.54, 1.807) is 12.4 Å². The van der Waals surface area contributed by atoms with Crippen molar-refractivity contribution in [3.63, 3.8) is 0 Å². The second-order valence-electron chi connectivity index (χ2n) is 9.35. The predicted molar refractivity (Wildman–Crippen MR) is 114 cm³/mol. The lowest BCUT2D eigenvalue weighted by Gasteiger charge is -2.44. The van der Waals surface area contributed by atoms with Crippen molar-refractivity contribution in [2.24, 2.45) is 17.3 Å². The number of fused-ring (bicyclic) bond motifs is 3. The molecule has 6 nitrogen and oxygen atoms in total. The Kier molecular flexibility index (Phi) is 4.68. The van der Waals surface area contributed by atoms with Crippen LogP contribution in [0.15, 0.2) is 59.7 Å². The Labute approximate surface area is 181 Å². The molecular formula is C25H26N2O4. The largest absolute Gasteiger partial charge is 0.489 e. The van der Waals surface area contributed by atoms with Gasteiger partial charge in [-0.1, -0.05) is 25.1 Å². The van der Waals surface area contributed by atoms with E-state index in [1.807, 2.05) is 24.3 Å². The number of carbonyl (C=O) groups is 3. The number of nitrogens with zero attached hydrogens (tertiary/aromatic N) is 1. The maximum atomic E-state index is 13.1. The van der Waals surface area contributed by atoms with Gasteiger partial charge in [0.1, 0.15) is 17.6 Å². The zero-order chi connectivity index (χ0) is 21.8. The van der Waals surface area contributed by atoms with Crippen LogP contribution in [0.25, 0.3) is 0 Å². The second kappa shape index (κ2) is 7.29. The number of allylic oxidation sites excluding steroid dienone is 4. The minimum absolute atomic E-state index is 0.00123. The Morgan fingerprint density at radius 2 is 2.13 bits per heavy atom. The summed E-state index contributed by atoms with van der Waals surface area (Å²) in [5, 5.41) is 2.81. The van der Waals surface area contributed by atoms with Crippen LogP contribution in [0.3, 0.4) is 0 Å². The molecule has 1 fully saturated rings. The van der Waals surface area contributed by atoms with Crippen molar-refractivity contribution in [1.82, 2.24) is 10.3 Å². The minimum Gasteiger partial charge on any atom is -0.489 e. The molecule has 1 amide bonds. The molecule has 5 atom stereocenters. The number of pyridine rings is 1. The molecule has 0 bridgehead atoms. The van der Waals surface area contributed by atoms with Gasteiger partial charge >= 0.3 is 0 Å². The molecule has 160 valence electrons. The van der Waals surface area contributed by atoms with E-state index < -0.39 is 0 Å². The molecule has 1 aliphatic heterocycles. The summed E-state index contributed by atoms with van der Waals surface area (Å²) in [5.74, 6) is 0.653. The molecule has 0 aromatic carbocycles. The molecule has 0 spiro atoms. The maximum Gasteiger partial charge on any atom is 0.216 e. The molecular weight excluding hydrogens is 392 g/mol. The molecule has 0 saturated heterocycles. The zero-order valence-electron chi connectivity index (χ0n) is 17.8. The van der Waals surface area contributed by atoms with E-state index in [1.165, 1.54) is 6.92 Å². The number of ketones is 2. The molecule has 1 aromatic heterocycles. The number of hydrogen-bond donors (Lipinski definition) is 1. The molecule has 3 aliphatic carbocycles. The third kappa shape index (κ3) is 3.25. The number of carbonyl (C=O) groups excluding carboxylic acids is 3. The monoisotopic (exact) mass is 418 g/mol. The van der Waals surface area contributed by atoms with Crippen molar-refractivity contribution in [3.05, 3.63) is 65.2 Å². The number of rotatable bonds is 3. The van der Waals surface area contributed by atoms with Crippen molar-refractivity contribution >= 4 is 17.5 Å². The lowest BCUT2D eigenvalue weighted by molar-refractivity contribution is -0.120. The lowest BCUT2D eigenvalue weighted by atomic mass is 9.65. The standard InChI is InChI=1S/C25H26N2O4/c1-14(28)27-12-15-8-20(29)18-10-16-5-6-25(2)19(24(16)31-22(18)9-15)11-21(30)23(25)17-4-3-7-26-13-17/h3-7,10,13,15,19,23-24H,8-9,11-12H2,1-2H3,(H,27,28)/t15?,19-,23-,24?,25-/m0/s1. The third-order valence-corrected chi connectivity index (χ3v) is 7.28. The highest BCUT2D eigenvalue weighted by atomic mass is 16.5. The van der Waals surface area contributed by atoms with Crippen LogP contribution in [-0.4, -0.2) is 35.1 Å². The number of ether oxygens (including phenoxy) is 1. The number of amides is 1. The first-order valence-electron chi connectivity index (χ1n) is 10.9. The molecule has 1 saturated carbocycles. The fraction of sp³-hybridized carbons (Fsp3) is 0.440. The van der Waals surface area contributed by atoms with Crippen molar-refractivity contribution in [2.75, 3.05) is 6.54 Å². The molecule has 31 heavy (non-hydrogen) atoms. The van der Waals surface area contributed by atoms with E-state index in [2.05, 4.69) is 23.3 Å². The summed E-state index contributed by atoms with van der Waals surface area (Å²) in [5.41, 5.74) is 2.18. The smallest absolute Gasteiger partial charge is 0.216 e. The van der Waals surface area contributed by atoms with Crippen LogP contribution in [0.5, 0.6) is 0 Å². The molecule has 2 unspecified atom stereocenters. The Morgan fingerprint density at radius 3 is 2.87 bits per heavy atom. The summed E-state index contributed by atoms with van der Waals surface area (Å²) < 4.78 is 6.47. The Hall–Kier alpha value is -3.02. The van der Waals surface area contributed by atoms with Gasteiger partial charge in [0.05, 0.1) is 11.5 Å². The van der Waals surface area contributed by atoms with Gasteiger partial charge in [-0.2, -0.15) is 0 Å². The summed E-state index contributed by atoms with van der Waals surface area (Å²) in [6.45, 7) is 4.07. The van der Waals surface area contributed by atoms with Gasteiger partial charge in [0.25, 0.3) is 0 Å².